The lowest BCUT2D eigenvalue weighted by Gasteiger charge is -2.35. The number of nitrogens with one attached hydrogen (secondary N) is 1. The fraction of sp³-hybridized carbons (Fsp3) is 0.250. The molecule has 7 heteroatoms. The molecule has 0 spiro atoms. The molecular weight excluding hydrogens is 342 g/mol. The molecule has 0 aliphatic carbocycles. The first-order valence-electron chi connectivity index (χ1n) is 8.94. The molecular formula is C20H21N5O2. The molecule has 138 valence electrons. The number of hydrogen-bond donors (Lipinski definition) is 1. The maximum Gasteiger partial charge on any atom is 0.289 e. The highest BCUT2D eigenvalue weighted by Gasteiger charge is 2.24. The number of nitrogens with zero attached hydrogens (tertiary/aromatic N) is 4. The van der Waals surface area contributed by atoms with Gasteiger partial charge in [-0.2, -0.15) is 0 Å². The number of furan rings is 1. The van der Waals surface area contributed by atoms with Gasteiger partial charge in [0.15, 0.2) is 5.76 Å². The van der Waals surface area contributed by atoms with Crippen LogP contribution in [0.2, 0.25) is 0 Å². The molecule has 0 radical (unpaired) electrons. The number of carbonyl (C=O) groups is 1. The predicted octanol–water partition coefficient (Wildman–Crippen LogP) is 3.08. The summed E-state index contributed by atoms with van der Waals surface area (Å²) in [6.07, 6.45) is 1.52. The summed E-state index contributed by atoms with van der Waals surface area (Å²) >= 11 is 0. The van der Waals surface area contributed by atoms with Crippen LogP contribution in [0.1, 0.15) is 16.4 Å². The fourth-order valence-electron chi connectivity index (χ4n) is 3.14. The Balaban J connectivity index is 1.44. The Labute approximate surface area is 157 Å². The number of carbonyl (C=O) groups excluding carboxylic acids is 1. The highest BCUT2D eigenvalue weighted by molar-refractivity contribution is 5.91. The lowest BCUT2D eigenvalue weighted by Crippen LogP contribution is -2.49. The van der Waals surface area contributed by atoms with Crippen LogP contribution < -0.4 is 10.2 Å². The third kappa shape index (κ3) is 3.92. The zero-order chi connectivity index (χ0) is 18.6. The second-order valence-corrected chi connectivity index (χ2v) is 6.41. The number of aryl methyl sites for hydroxylation is 1. The van der Waals surface area contributed by atoms with Crippen LogP contribution in [0.5, 0.6) is 0 Å². The zero-order valence-corrected chi connectivity index (χ0v) is 15.1. The molecule has 27 heavy (non-hydrogen) atoms. The van der Waals surface area contributed by atoms with Gasteiger partial charge in [-0.3, -0.25) is 4.79 Å². The van der Waals surface area contributed by atoms with Crippen molar-refractivity contribution in [2.45, 2.75) is 6.92 Å². The number of piperazine rings is 1. The van der Waals surface area contributed by atoms with Gasteiger partial charge in [0.1, 0.15) is 17.5 Å². The number of benzene rings is 1. The van der Waals surface area contributed by atoms with E-state index in [9.17, 15) is 4.79 Å². The van der Waals surface area contributed by atoms with E-state index in [1.54, 1.807) is 12.1 Å². The number of amides is 1. The minimum absolute atomic E-state index is 0.0649. The topological polar surface area (TPSA) is 74.5 Å². The number of rotatable bonds is 4. The Kier molecular flexibility index (Phi) is 4.74. The quantitative estimate of drug-likeness (QED) is 0.768. The van der Waals surface area contributed by atoms with E-state index >= 15 is 0 Å². The van der Waals surface area contributed by atoms with E-state index in [4.69, 9.17) is 4.42 Å². The van der Waals surface area contributed by atoms with E-state index in [2.05, 4.69) is 20.2 Å². The maximum absolute atomic E-state index is 12.4. The van der Waals surface area contributed by atoms with Crippen molar-refractivity contribution < 1.29 is 9.21 Å². The van der Waals surface area contributed by atoms with Gasteiger partial charge in [0.2, 0.25) is 0 Å². The van der Waals surface area contributed by atoms with Crippen LogP contribution in [0.25, 0.3) is 0 Å². The molecule has 1 fully saturated rings. The van der Waals surface area contributed by atoms with Crippen molar-refractivity contribution in [1.29, 1.82) is 0 Å². The van der Waals surface area contributed by atoms with Crippen LogP contribution in [-0.2, 0) is 0 Å². The van der Waals surface area contributed by atoms with E-state index in [1.807, 2.05) is 48.2 Å². The smallest absolute Gasteiger partial charge is 0.289 e. The summed E-state index contributed by atoms with van der Waals surface area (Å²) in [5.74, 6) is 2.66. The molecule has 4 rings (SSSR count). The van der Waals surface area contributed by atoms with Gasteiger partial charge in [-0.15, -0.1) is 0 Å². The molecule has 0 atom stereocenters. The van der Waals surface area contributed by atoms with E-state index in [0.29, 0.717) is 37.8 Å². The van der Waals surface area contributed by atoms with Crippen molar-refractivity contribution in [2.75, 3.05) is 36.4 Å². The second kappa shape index (κ2) is 7.49. The molecule has 1 aromatic carbocycles. The van der Waals surface area contributed by atoms with Gasteiger partial charge in [0.05, 0.1) is 6.26 Å². The third-order valence-electron chi connectivity index (χ3n) is 4.49. The first-order chi connectivity index (χ1) is 13.2. The summed E-state index contributed by atoms with van der Waals surface area (Å²) in [6.45, 7) is 4.58. The minimum Gasteiger partial charge on any atom is -0.459 e. The van der Waals surface area contributed by atoms with E-state index in [0.717, 1.165) is 17.3 Å². The summed E-state index contributed by atoms with van der Waals surface area (Å²) in [5, 5.41) is 3.32. The summed E-state index contributed by atoms with van der Waals surface area (Å²) < 4.78 is 5.21. The molecule has 7 nitrogen and oxygen atoms in total. The molecule has 2 aromatic heterocycles. The van der Waals surface area contributed by atoms with Gasteiger partial charge in [-0.25, -0.2) is 9.97 Å². The molecule has 0 saturated carbocycles. The van der Waals surface area contributed by atoms with Gasteiger partial charge in [0.25, 0.3) is 5.91 Å². The highest BCUT2D eigenvalue weighted by atomic mass is 16.3. The number of aromatic nitrogens is 2. The van der Waals surface area contributed by atoms with Gasteiger partial charge in [0, 0.05) is 37.9 Å². The Bertz CT molecular complexity index is 903. The molecule has 1 amide bonds. The standard InChI is InChI=1S/C20H21N5O2/c1-15-21-18(23-16-6-3-2-4-7-16)14-19(22-15)24-9-11-25(12-10-24)20(26)17-8-5-13-27-17/h2-8,13-14H,9-12H2,1H3,(H,21,22,23). The zero-order valence-electron chi connectivity index (χ0n) is 15.1. The predicted molar refractivity (Wildman–Crippen MR) is 103 cm³/mol. The average molecular weight is 363 g/mol. The highest BCUT2D eigenvalue weighted by Crippen LogP contribution is 2.21. The van der Waals surface area contributed by atoms with E-state index in [-0.39, 0.29) is 5.91 Å². The normalized spacial score (nSPS) is 14.3. The summed E-state index contributed by atoms with van der Waals surface area (Å²) in [5.41, 5.74) is 0.982. The van der Waals surface area contributed by atoms with Crippen LogP contribution in [0.15, 0.2) is 59.2 Å². The van der Waals surface area contributed by atoms with E-state index < -0.39 is 0 Å². The SMILES string of the molecule is Cc1nc(Nc2ccccc2)cc(N2CCN(C(=O)c3ccco3)CC2)n1. The lowest BCUT2D eigenvalue weighted by atomic mass is 10.2. The van der Waals surface area contributed by atoms with Crippen LogP contribution in [-0.4, -0.2) is 47.0 Å². The van der Waals surface area contributed by atoms with Crippen molar-refractivity contribution in [2.24, 2.45) is 0 Å². The lowest BCUT2D eigenvalue weighted by molar-refractivity contribution is 0.0714. The molecule has 1 saturated heterocycles. The number of anilines is 3. The monoisotopic (exact) mass is 363 g/mol. The molecule has 0 unspecified atom stereocenters. The van der Waals surface area contributed by atoms with Gasteiger partial charge in [-0.1, -0.05) is 18.2 Å². The third-order valence-corrected chi connectivity index (χ3v) is 4.49. The van der Waals surface area contributed by atoms with Crippen molar-refractivity contribution in [1.82, 2.24) is 14.9 Å². The number of para-hydroxylation sites is 1. The van der Waals surface area contributed by atoms with Crippen LogP contribution >= 0.6 is 0 Å². The van der Waals surface area contributed by atoms with Crippen molar-refractivity contribution in [3.63, 3.8) is 0 Å². The molecule has 1 aliphatic heterocycles. The van der Waals surface area contributed by atoms with Gasteiger partial charge in [-0.05, 0) is 31.2 Å². The first kappa shape index (κ1) is 17.1. The van der Waals surface area contributed by atoms with Crippen LogP contribution in [0.4, 0.5) is 17.3 Å². The Hall–Kier alpha value is -3.35. The Morgan fingerprint density at radius 2 is 1.81 bits per heavy atom. The summed E-state index contributed by atoms with van der Waals surface area (Å²) in [7, 11) is 0. The molecule has 1 aliphatic rings. The minimum atomic E-state index is -0.0649. The molecule has 3 heterocycles. The van der Waals surface area contributed by atoms with Crippen molar-refractivity contribution in [3.8, 4) is 0 Å². The maximum atomic E-state index is 12.4. The van der Waals surface area contributed by atoms with Crippen molar-refractivity contribution in [3.05, 3.63) is 66.4 Å². The Morgan fingerprint density at radius 3 is 2.52 bits per heavy atom. The molecule has 0 bridgehead atoms. The van der Waals surface area contributed by atoms with Crippen molar-refractivity contribution >= 4 is 23.2 Å². The summed E-state index contributed by atoms with van der Waals surface area (Å²) in [4.78, 5) is 25.4. The van der Waals surface area contributed by atoms with Crippen LogP contribution in [0.3, 0.4) is 0 Å². The number of hydrogen-bond acceptors (Lipinski definition) is 6. The van der Waals surface area contributed by atoms with E-state index in [1.165, 1.54) is 6.26 Å². The largest absolute Gasteiger partial charge is 0.459 e. The first-order valence-corrected chi connectivity index (χ1v) is 8.94. The van der Waals surface area contributed by atoms with Gasteiger partial charge < -0.3 is 19.5 Å². The van der Waals surface area contributed by atoms with Crippen LogP contribution in [0, 0.1) is 6.92 Å². The average Bonchev–Trinajstić information content (AvgIpc) is 3.23. The fourth-order valence-corrected chi connectivity index (χ4v) is 3.14. The second-order valence-electron chi connectivity index (χ2n) is 6.41. The summed E-state index contributed by atoms with van der Waals surface area (Å²) in [6, 6.07) is 15.3. The van der Waals surface area contributed by atoms with Gasteiger partial charge >= 0.3 is 0 Å². The molecule has 3 aromatic rings. The Morgan fingerprint density at radius 1 is 1.04 bits per heavy atom. The molecule has 1 N–H and O–H groups in total.